The lowest BCUT2D eigenvalue weighted by atomic mass is 10.2. The summed E-state index contributed by atoms with van der Waals surface area (Å²) in [6.07, 6.45) is -0.989. The molecule has 10 nitrogen and oxygen atoms in total. The lowest BCUT2D eigenvalue weighted by Crippen LogP contribution is -2.58. The highest BCUT2D eigenvalue weighted by Gasteiger charge is 2.37. The SMILES string of the molecule is CC1CN(S(=O)(=O)N2CCN(C(=O)CNC(=O)OCc3ccccc3)CC2)CC(C)O1. The molecule has 172 valence electrons. The number of hydrogen-bond donors (Lipinski definition) is 1. The maximum Gasteiger partial charge on any atom is 0.407 e. The Labute approximate surface area is 183 Å². The number of carbonyl (C=O) groups excluding carboxylic acids is 2. The van der Waals surface area contributed by atoms with Gasteiger partial charge >= 0.3 is 6.09 Å². The number of nitrogens with one attached hydrogen (secondary N) is 1. The normalized spacial score (nSPS) is 23.4. The summed E-state index contributed by atoms with van der Waals surface area (Å²) in [5.41, 5.74) is 0.852. The summed E-state index contributed by atoms with van der Waals surface area (Å²) in [5.74, 6) is -0.276. The summed E-state index contributed by atoms with van der Waals surface area (Å²) >= 11 is 0. The number of carbonyl (C=O) groups is 2. The van der Waals surface area contributed by atoms with Gasteiger partial charge in [-0.3, -0.25) is 4.79 Å². The van der Waals surface area contributed by atoms with Crippen molar-refractivity contribution in [1.82, 2.24) is 18.8 Å². The number of rotatable bonds is 6. The standard InChI is InChI=1S/C20H30N4O6S/c1-16-13-24(14-17(2)30-16)31(27,28)23-10-8-22(9-11-23)19(25)12-21-20(26)29-15-18-6-4-3-5-7-18/h3-7,16-17H,8-15H2,1-2H3,(H,21,26). The number of piperazine rings is 1. The van der Waals surface area contributed by atoms with E-state index in [0.29, 0.717) is 13.1 Å². The first-order valence-corrected chi connectivity index (χ1v) is 11.8. The van der Waals surface area contributed by atoms with Gasteiger partial charge in [-0.25, -0.2) is 4.79 Å². The molecule has 1 aromatic rings. The Bertz CT molecular complexity index is 848. The van der Waals surface area contributed by atoms with Crippen molar-refractivity contribution in [2.75, 3.05) is 45.8 Å². The fourth-order valence-corrected chi connectivity index (χ4v) is 5.43. The van der Waals surface area contributed by atoms with Crippen molar-refractivity contribution in [3.63, 3.8) is 0 Å². The predicted molar refractivity (Wildman–Crippen MR) is 113 cm³/mol. The van der Waals surface area contributed by atoms with E-state index in [9.17, 15) is 18.0 Å². The molecule has 0 bridgehead atoms. The van der Waals surface area contributed by atoms with Gasteiger partial charge in [0, 0.05) is 39.3 Å². The predicted octanol–water partition coefficient (Wildman–Crippen LogP) is 0.411. The molecule has 2 aliphatic rings. The van der Waals surface area contributed by atoms with E-state index in [-0.39, 0.29) is 57.4 Å². The summed E-state index contributed by atoms with van der Waals surface area (Å²) < 4.78 is 39.4. The number of amides is 2. The molecule has 2 saturated heterocycles. The van der Waals surface area contributed by atoms with Crippen molar-refractivity contribution in [2.45, 2.75) is 32.7 Å². The van der Waals surface area contributed by atoms with Crippen LogP contribution in [0.4, 0.5) is 4.79 Å². The van der Waals surface area contributed by atoms with Crippen LogP contribution in [0.25, 0.3) is 0 Å². The smallest absolute Gasteiger partial charge is 0.407 e. The number of benzene rings is 1. The number of alkyl carbamates (subject to hydrolysis) is 1. The molecule has 1 N–H and O–H groups in total. The van der Waals surface area contributed by atoms with Crippen LogP contribution in [0.1, 0.15) is 19.4 Å². The molecule has 2 heterocycles. The van der Waals surface area contributed by atoms with E-state index >= 15 is 0 Å². The van der Waals surface area contributed by atoms with Gasteiger partial charge in [-0.05, 0) is 19.4 Å². The zero-order chi connectivity index (χ0) is 22.4. The van der Waals surface area contributed by atoms with E-state index in [1.165, 1.54) is 8.61 Å². The Kier molecular flexibility index (Phi) is 7.87. The number of hydrogen-bond acceptors (Lipinski definition) is 6. The van der Waals surface area contributed by atoms with Gasteiger partial charge in [0.05, 0.1) is 12.2 Å². The minimum Gasteiger partial charge on any atom is -0.445 e. The van der Waals surface area contributed by atoms with Gasteiger partial charge in [0.1, 0.15) is 13.2 Å². The maximum atomic E-state index is 12.9. The molecule has 0 radical (unpaired) electrons. The topological polar surface area (TPSA) is 108 Å². The van der Waals surface area contributed by atoms with Crippen LogP contribution in [-0.2, 0) is 31.1 Å². The first-order chi connectivity index (χ1) is 14.8. The molecule has 2 atom stereocenters. The maximum absolute atomic E-state index is 12.9. The van der Waals surface area contributed by atoms with Crippen LogP contribution < -0.4 is 5.32 Å². The average molecular weight is 455 g/mol. The Morgan fingerprint density at radius 1 is 1.03 bits per heavy atom. The van der Waals surface area contributed by atoms with Gasteiger partial charge in [-0.1, -0.05) is 30.3 Å². The first kappa shape index (κ1) is 23.5. The minimum atomic E-state index is -3.60. The molecule has 2 unspecified atom stereocenters. The summed E-state index contributed by atoms with van der Waals surface area (Å²) in [6, 6.07) is 9.24. The molecule has 3 rings (SSSR count). The molecule has 2 amide bonds. The van der Waals surface area contributed by atoms with Crippen molar-refractivity contribution >= 4 is 22.2 Å². The van der Waals surface area contributed by atoms with Crippen molar-refractivity contribution in [3.05, 3.63) is 35.9 Å². The zero-order valence-electron chi connectivity index (χ0n) is 17.9. The summed E-state index contributed by atoms with van der Waals surface area (Å²) in [7, 11) is -3.60. The fourth-order valence-electron chi connectivity index (χ4n) is 3.68. The van der Waals surface area contributed by atoms with Crippen molar-refractivity contribution < 1.29 is 27.5 Å². The first-order valence-electron chi connectivity index (χ1n) is 10.4. The minimum absolute atomic E-state index is 0.121. The second kappa shape index (κ2) is 10.4. The molecular formula is C20H30N4O6S. The van der Waals surface area contributed by atoms with Crippen LogP contribution in [0, 0.1) is 0 Å². The van der Waals surface area contributed by atoms with E-state index < -0.39 is 16.3 Å². The monoisotopic (exact) mass is 454 g/mol. The Morgan fingerprint density at radius 3 is 2.26 bits per heavy atom. The lowest BCUT2D eigenvalue weighted by Gasteiger charge is -2.40. The van der Waals surface area contributed by atoms with Crippen LogP contribution in [0.15, 0.2) is 30.3 Å². The zero-order valence-corrected chi connectivity index (χ0v) is 18.7. The van der Waals surface area contributed by atoms with E-state index in [2.05, 4.69) is 5.32 Å². The van der Waals surface area contributed by atoms with E-state index in [4.69, 9.17) is 9.47 Å². The Hall–Kier alpha value is -2.21. The third-order valence-corrected chi connectivity index (χ3v) is 7.20. The molecule has 0 aliphatic carbocycles. The molecule has 2 aliphatic heterocycles. The lowest BCUT2D eigenvalue weighted by molar-refractivity contribution is -0.131. The van der Waals surface area contributed by atoms with Gasteiger partial charge in [0.2, 0.25) is 5.91 Å². The summed E-state index contributed by atoms with van der Waals surface area (Å²) in [6.45, 7) is 5.25. The highest BCUT2D eigenvalue weighted by atomic mass is 32.2. The van der Waals surface area contributed by atoms with Crippen LogP contribution in [0.3, 0.4) is 0 Å². The molecule has 1 aromatic carbocycles. The number of ether oxygens (including phenoxy) is 2. The van der Waals surface area contributed by atoms with Crippen LogP contribution in [0.2, 0.25) is 0 Å². The average Bonchev–Trinajstić information content (AvgIpc) is 2.76. The van der Waals surface area contributed by atoms with Crippen molar-refractivity contribution in [1.29, 1.82) is 0 Å². The third kappa shape index (κ3) is 6.39. The van der Waals surface area contributed by atoms with Gasteiger partial charge in [-0.15, -0.1) is 0 Å². The van der Waals surface area contributed by atoms with Gasteiger partial charge in [-0.2, -0.15) is 17.0 Å². The molecule has 0 aromatic heterocycles. The van der Waals surface area contributed by atoms with E-state index in [1.807, 2.05) is 44.2 Å². The van der Waals surface area contributed by atoms with Crippen molar-refractivity contribution in [2.24, 2.45) is 0 Å². The Balaban J connectivity index is 1.41. The molecule has 11 heteroatoms. The summed E-state index contributed by atoms with van der Waals surface area (Å²) in [5, 5.41) is 2.45. The van der Waals surface area contributed by atoms with E-state index in [0.717, 1.165) is 5.56 Å². The summed E-state index contributed by atoms with van der Waals surface area (Å²) in [4.78, 5) is 25.7. The largest absolute Gasteiger partial charge is 0.445 e. The second-order valence-corrected chi connectivity index (χ2v) is 9.71. The quantitative estimate of drug-likeness (QED) is 0.667. The molecule has 2 fully saturated rings. The fraction of sp³-hybridized carbons (Fsp3) is 0.600. The highest BCUT2D eigenvalue weighted by molar-refractivity contribution is 7.86. The number of nitrogens with zero attached hydrogens (tertiary/aromatic N) is 3. The van der Waals surface area contributed by atoms with Crippen molar-refractivity contribution in [3.8, 4) is 0 Å². The molecule has 0 spiro atoms. The van der Waals surface area contributed by atoms with Gasteiger partial charge < -0.3 is 19.7 Å². The van der Waals surface area contributed by atoms with Gasteiger partial charge in [0.15, 0.2) is 0 Å². The number of morpholine rings is 1. The van der Waals surface area contributed by atoms with E-state index in [1.54, 1.807) is 4.90 Å². The Morgan fingerprint density at radius 2 is 1.65 bits per heavy atom. The molecule has 0 saturated carbocycles. The molecule has 31 heavy (non-hydrogen) atoms. The van der Waals surface area contributed by atoms with Crippen LogP contribution in [0.5, 0.6) is 0 Å². The molecular weight excluding hydrogens is 424 g/mol. The van der Waals surface area contributed by atoms with Gasteiger partial charge in [0.25, 0.3) is 10.2 Å². The second-order valence-electron chi connectivity index (χ2n) is 7.78. The highest BCUT2D eigenvalue weighted by Crippen LogP contribution is 2.18. The van der Waals surface area contributed by atoms with Crippen LogP contribution in [-0.4, -0.2) is 91.9 Å². The van der Waals surface area contributed by atoms with Crippen LogP contribution >= 0.6 is 0 Å². The third-order valence-electron chi connectivity index (χ3n) is 5.23.